The summed E-state index contributed by atoms with van der Waals surface area (Å²) in [6, 6.07) is 8.85. The number of carbonyl (C=O) groups is 2. The van der Waals surface area contributed by atoms with E-state index in [1.54, 1.807) is 25.1 Å². The van der Waals surface area contributed by atoms with Gasteiger partial charge in [-0.05, 0) is 52.7 Å². The molecule has 0 spiro atoms. The highest BCUT2D eigenvalue weighted by atomic mass is 79.9. The van der Waals surface area contributed by atoms with Crippen LogP contribution in [0.4, 0.5) is 5.69 Å². The third kappa shape index (κ3) is 4.71. The first-order valence-electron chi connectivity index (χ1n) is 8.70. The number of non-ortho nitro benzene ring substituents is 1. The van der Waals surface area contributed by atoms with Crippen molar-refractivity contribution in [3.8, 4) is 11.5 Å². The first kappa shape index (κ1) is 21.2. The van der Waals surface area contributed by atoms with Gasteiger partial charge in [0.2, 0.25) is 5.90 Å². The molecule has 1 aliphatic rings. The summed E-state index contributed by atoms with van der Waals surface area (Å²) in [7, 11) is 0. The molecule has 10 heteroatoms. The molecule has 0 aromatic heterocycles. The monoisotopic (exact) mass is 474 g/mol. The lowest BCUT2D eigenvalue weighted by atomic mass is 10.1. The second-order valence-corrected chi connectivity index (χ2v) is 6.85. The molecule has 0 saturated heterocycles. The van der Waals surface area contributed by atoms with Crippen LogP contribution in [0.2, 0.25) is 0 Å². The van der Waals surface area contributed by atoms with Gasteiger partial charge in [0, 0.05) is 24.6 Å². The number of esters is 2. The summed E-state index contributed by atoms with van der Waals surface area (Å²) in [5.41, 5.74) is 0.709. The van der Waals surface area contributed by atoms with Crippen molar-refractivity contribution in [1.82, 2.24) is 0 Å². The maximum absolute atomic E-state index is 12.2. The van der Waals surface area contributed by atoms with E-state index in [1.807, 2.05) is 0 Å². The van der Waals surface area contributed by atoms with Gasteiger partial charge in [-0.25, -0.2) is 9.79 Å². The Balaban J connectivity index is 1.98. The molecule has 2 aromatic carbocycles. The van der Waals surface area contributed by atoms with Crippen LogP contribution in [0.1, 0.15) is 25.0 Å². The van der Waals surface area contributed by atoms with E-state index < -0.39 is 16.9 Å². The Morgan fingerprint density at radius 3 is 2.77 bits per heavy atom. The standard InChI is InChI=1S/C20H15BrN2O7/c1-3-28-17-9-12(7-15(21)18(17)29-11(2)24)8-16-20(25)30-19(22-16)13-5-4-6-14(10-13)23(26)27/h4-10H,3H2,1-2H3. The van der Waals surface area contributed by atoms with Gasteiger partial charge in [0.05, 0.1) is 16.0 Å². The third-order valence-electron chi connectivity index (χ3n) is 3.81. The van der Waals surface area contributed by atoms with Crippen LogP contribution in [0.3, 0.4) is 0 Å². The summed E-state index contributed by atoms with van der Waals surface area (Å²) < 4.78 is 16.3. The zero-order valence-electron chi connectivity index (χ0n) is 15.9. The van der Waals surface area contributed by atoms with Crippen LogP contribution in [0.25, 0.3) is 6.08 Å². The predicted octanol–water partition coefficient (Wildman–Crippen LogP) is 4.03. The Hall–Kier alpha value is -3.53. The fraction of sp³-hybridized carbons (Fsp3) is 0.150. The average Bonchev–Trinajstić information content (AvgIpc) is 3.05. The van der Waals surface area contributed by atoms with Crippen molar-refractivity contribution >= 4 is 45.5 Å². The van der Waals surface area contributed by atoms with Gasteiger partial charge < -0.3 is 14.2 Å². The molecule has 0 N–H and O–H groups in total. The number of carbonyl (C=O) groups excluding carboxylic acids is 2. The lowest BCUT2D eigenvalue weighted by Crippen LogP contribution is -2.06. The topological polar surface area (TPSA) is 117 Å². The minimum Gasteiger partial charge on any atom is -0.490 e. The first-order chi connectivity index (χ1) is 14.3. The number of halogens is 1. The zero-order valence-corrected chi connectivity index (χ0v) is 17.5. The number of nitro benzene ring substituents is 1. The highest BCUT2D eigenvalue weighted by molar-refractivity contribution is 9.10. The van der Waals surface area contributed by atoms with Gasteiger partial charge in [0.15, 0.2) is 17.2 Å². The van der Waals surface area contributed by atoms with Crippen LogP contribution in [-0.4, -0.2) is 29.4 Å². The maximum atomic E-state index is 12.2. The Morgan fingerprint density at radius 1 is 1.33 bits per heavy atom. The molecular formula is C20H15BrN2O7. The average molecular weight is 475 g/mol. The number of benzene rings is 2. The Labute approximate surface area is 179 Å². The molecule has 0 radical (unpaired) electrons. The lowest BCUT2D eigenvalue weighted by molar-refractivity contribution is -0.384. The van der Waals surface area contributed by atoms with Crippen molar-refractivity contribution in [1.29, 1.82) is 0 Å². The van der Waals surface area contributed by atoms with Gasteiger partial charge in [-0.3, -0.25) is 14.9 Å². The summed E-state index contributed by atoms with van der Waals surface area (Å²) in [5.74, 6) is -0.706. The lowest BCUT2D eigenvalue weighted by Gasteiger charge is -2.12. The summed E-state index contributed by atoms with van der Waals surface area (Å²) in [6.45, 7) is 3.38. The number of hydrogen-bond donors (Lipinski definition) is 0. The quantitative estimate of drug-likeness (QED) is 0.204. The molecule has 2 aromatic rings. The highest BCUT2D eigenvalue weighted by Crippen LogP contribution is 2.38. The smallest absolute Gasteiger partial charge is 0.363 e. The van der Waals surface area contributed by atoms with Gasteiger partial charge >= 0.3 is 11.9 Å². The second kappa shape index (κ2) is 8.87. The van der Waals surface area contributed by atoms with Gasteiger partial charge in [-0.2, -0.15) is 0 Å². The number of nitro groups is 1. The number of nitrogens with zero attached hydrogens (tertiary/aromatic N) is 2. The van der Waals surface area contributed by atoms with E-state index in [0.29, 0.717) is 28.0 Å². The van der Waals surface area contributed by atoms with Crippen molar-refractivity contribution in [3.63, 3.8) is 0 Å². The Kier molecular flexibility index (Phi) is 6.26. The minimum absolute atomic E-state index is 0.00564. The molecule has 0 saturated carbocycles. The molecule has 1 aliphatic heterocycles. The molecule has 3 rings (SSSR count). The van der Waals surface area contributed by atoms with Gasteiger partial charge in [0.1, 0.15) is 0 Å². The summed E-state index contributed by atoms with van der Waals surface area (Å²) >= 11 is 3.33. The van der Waals surface area contributed by atoms with Crippen LogP contribution in [0, 0.1) is 10.1 Å². The second-order valence-electron chi connectivity index (χ2n) is 6.00. The Morgan fingerprint density at radius 2 is 2.10 bits per heavy atom. The number of aliphatic imine (C=N–C) groups is 1. The van der Waals surface area contributed by atoms with Gasteiger partial charge in [0.25, 0.3) is 5.69 Å². The molecule has 154 valence electrons. The number of rotatable bonds is 6. The SMILES string of the molecule is CCOc1cc(C=C2N=C(c3cccc([N+](=O)[O-])c3)OC2=O)cc(Br)c1OC(C)=O. The predicted molar refractivity (Wildman–Crippen MR) is 110 cm³/mol. The summed E-state index contributed by atoms with van der Waals surface area (Å²) in [6.07, 6.45) is 1.47. The van der Waals surface area contributed by atoms with Crippen molar-refractivity contribution in [2.75, 3.05) is 6.61 Å². The van der Waals surface area contributed by atoms with E-state index in [1.165, 1.54) is 31.2 Å². The molecule has 0 atom stereocenters. The maximum Gasteiger partial charge on any atom is 0.363 e. The van der Waals surface area contributed by atoms with Crippen molar-refractivity contribution in [3.05, 3.63) is 67.8 Å². The number of hydrogen-bond acceptors (Lipinski definition) is 8. The molecule has 0 amide bonds. The molecule has 9 nitrogen and oxygen atoms in total. The fourth-order valence-corrected chi connectivity index (χ4v) is 3.16. The number of ether oxygens (including phenoxy) is 3. The van der Waals surface area contributed by atoms with E-state index >= 15 is 0 Å². The summed E-state index contributed by atoms with van der Waals surface area (Å²) in [4.78, 5) is 38.1. The molecule has 0 fully saturated rings. The van der Waals surface area contributed by atoms with E-state index in [-0.39, 0.29) is 23.0 Å². The van der Waals surface area contributed by atoms with E-state index in [9.17, 15) is 19.7 Å². The van der Waals surface area contributed by atoms with Crippen LogP contribution in [0.5, 0.6) is 11.5 Å². The van der Waals surface area contributed by atoms with Crippen LogP contribution in [0.15, 0.2) is 51.6 Å². The van der Waals surface area contributed by atoms with Gasteiger partial charge in [-0.1, -0.05) is 6.07 Å². The molecular weight excluding hydrogens is 460 g/mol. The fourth-order valence-electron chi connectivity index (χ4n) is 2.62. The molecule has 0 aliphatic carbocycles. The van der Waals surface area contributed by atoms with Crippen LogP contribution >= 0.6 is 15.9 Å². The molecule has 0 unspecified atom stereocenters. The highest BCUT2D eigenvalue weighted by Gasteiger charge is 2.25. The third-order valence-corrected chi connectivity index (χ3v) is 4.39. The summed E-state index contributed by atoms with van der Waals surface area (Å²) in [5, 5.41) is 10.9. The van der Waals surface area contributed by atoms with Crippen LogP contribution < -0.4 is 9.47 Å². The number of cyclic esters (lactones) is 1. The molecule has 0 bridgehead atoms. The molecule has 1 heterocycles. The van der Waals surface area contributed by atoms with Crippen molar-refractivity contribution < 1.29 is 28.7 Å². The van der Waals surface area contributed by atoms with E-state index in [4.69, 9.17) is 14.2 Å². The van der Waals surface area contributed by atoms with E-state index in [0.717, 1.165) is 0 Å². The van der Waals surface area contributed by atoms with E-state index in [2.05, 4.69) is 20.9 Å². The minimum atomic E-state index is -0.699. The van der Waals surface area contributed by atoms with Crippen molar-refractivity contribution in [2.24, 2.45) is 4.99 Å². The normalized spacial score (nSPS) is 14.3. The van der Waals surface area contributed by atoms with Crippen LogP contribution in [-0.2, 0) is 14.3 Å². The largest absolute Gasteiger partial charge is 0.490 e. The zero-order chi connectivity index (χ0) is 21.8. The van der Waals surface area contributed by atoms with Gasteiger partial charge in [-0.15, -0.1) is 0 Å². The first-order valence-corrected chi connectivity index (χ1v) is 9.50. The van der Waals surface area contributed by atoms with Crippen molar-refractivity contribution in [2.45, 2.75) is 13.8 Å². The molecule has 30 heavy (non-hydrogen) atoms. The Bertz CT molecular complexity index is 1110.